The van der Waals surface area contributed by atoms with E-state index in [0.717, 1.165) is 0 Å². The average Bonchev–Trinajstić information content (AvgIpc) is 3.51. The summed E-state index contributed by atoms with van der Waals surface area (Å²) in [6.07, 6.45) is 0. The molecule has 0 aliphatic rings. The second-order valence-electron chi connectivity index (χ2n) is 17.4. The molecule has 0 bridgehead atoms. The predicted molar refractivity (Wildman–Crippen MR) is 341 cm³/mol. The molecule has 0 unspecified atom stereocenters. The van der Waals surface area contributed by atoms with Crippen LogP contribution < -0.4 is 63.7 Å². The zero-order valence-electron chi connectivity index (χ0n) is 42.7. The normalized spacial score (nSPS) is 10.4. The third-order valence-electron chi connectivity index (χ3n) is 12.2. The summed E-state index contributed by atoms with van der Waals surface area (Å²) in [5.41, 5.74) is 0. The molecule has 5 heteroatoms. The van der Waals surface area contributed by atoms with E-state index >= 15 is 0 Å². The van der Waals surface area contributed by atoms with Gasteiger partial charge >= 0.3 is 16.5 Å². The van der Waals surface area contributed by atoms with Gasteiger partial charge in [-0.15, -0.1) is 0 Å². The molecular formula is C72H60NiP4+2. The molecule has 0 nitrogen and oxygen atoms in total. The number of hydrogen-bond donors (Lipinski definition) is 0. The van der Waals surface area contributed by atoms with Crippen molar-refractivity contribution in [2.45, 2.75) is 0 Å². The summed E-state index contributed by atoms with van der Waals surface area (Å²) in [5.74, 6) is 0. The van der Waals surface area contributed by atoms with Crippen LogP contribution in [0, 0.1) is 0 Å². The van der Waals surface area contributed by atoms with Gasteiger partial charge in [-0.05, 0) is 95.3 Å². The molecule has 376 valence electrons. The number of benzene rings is 12. The zero-order valence-corrected chi connectivity index (χ0v) is 47.3. The molecule has 12 aromatic carbocycles. The van der Waals surface area contributed by atoms with Crippen molar-refractivity contribution in [1.82, 2.24) is 0 Å². The van der Waals surface area contributed by atoms with E-state index in [0.29, 0.717) is 0 Å². The predicted octanol–water partition coefficient (Wildman–Crippen LogP) is 13.8. The fourth-order valence-corrected chi connectivity index (χ4v) is 17.9. The third kappa shape index (κ3) is 16.4. The van der Waals surface area contributed by atoms with E-state index in [1.54, 1.807) is 0 Å². The van der Waals surface area contributed by atoms with Crippen molar-refractivity contribution in [1.29, 1.82) is 0 Å². The fraction of sp³-hybridized carbons (Fsp3) is 0. The molecule has 0 heterocycles. The van der Waals surface area contributed by atoms with E-state index in [-0.39, 0.29) is 16.5 Å². The van der Waals surface area contributed by atoms with Gasteiger partial charge < -0.3 is 0 Å². The van der Waals surface area contributed by atoms with Crippen LogP contribution >= 0.6 is 31.7 Å². The first-order chi connectivity index (χ1) is 37.8. The van der Waals surface area contributed by atoms with Gasteiger partial charge in [0.1, 0.15) is 0 Å². The fourth-order valence-electron chi connectivity index (χ4n) is 8.71. The monoisotopic (exact) mass is 1110 g/mol. The van der Waals surface area contributed by atoms with Gasteiger partial charge in [0.25, 0.3) is 0 Å². The minimum Gasteiger partial charge on any atom is -0.0622 e. The van der Waals surface area contributed by atoms with Gasteiger partial charge in [-0.25, -0.2) is 0 Å². The second kappa shape index (κ2) is 31.2. The summed E-state index contributed by atoms with van der Waals surface area (Å²) in [6, 6.07) is 129. The Bertz CT molecular complexity index is 2580. The van der Waals surface area contributed by atoms with Crippen molar-refractivity contribution >= 4 is 95.3 Å². The molecular weight excluding hydrogens is 1050 g/mol. The number of hydrogen-bond acceptors (Lipinski definition) is 0. The summed E-state index contributed by atoms with van der Waals surface area (Å²) < 4.78 is 0. The van der Waals surface area contributed by atoms with Gasteiger partial charge in [0.15, 0.2) is 0 Å². The van der Waals surface area contributed by atoms with E-state index in [9.17, 15) is 0 Å². The first-order valence-corrected chi connectivity index (χ1v) is 31.0. The molecule has 0 saturated heterocycles. The molecule has 0 radical (unpaired) electrons. The summed E-state index contributed by atoms with van der Waals surface area (Å²) in [6.45, 7) is 0. The van der Waals surface area contributed by atoms with Gasteiger partial charge in [-0.3, -0.25) is 0 Å². The smallest absolute Gasteiger partial charge is 0.0622 e. The van der Waals surface area contributed by atoms with Gasteiger partial charge in [0.2, 0.25) is 0 Å². The summed E-state index contributed by atoms with van der Waals surface area (Å²) in [5, 5.41) is 16.8. The van der Waals surface area contributed by atoms with Gasteiger partial charge in [0.05, 0.1) is 0 Å². The Morgan fingerprint density at radius 3 is 0.234 bits per heavy atom. The second-order valence-corrected chi connectivity index (χ2v) is 26.2. The van der Waals surface area contributed by atoms with Crippen LogP contribution in [0.5, 0.6) is 0 Å². The van der Waals surface area contributed by atoms with Crippen LogP contribution in [0.4, 0.5) is 0 Å². The molecule has 77 heavy (non-hydrogen) atoms. The van der Waals surface area contributed by atoms with E-state index in [4.69, 9.17) is 0 Å². The largest absolute Gasteiger partial charge is 2.00 e. The van der Waals surface area contributed by atoms with E-state index in [2.05, 4.69) is 364 Å². The van der Waals surface area contributed by atoms with Crippen LogP contribution in [0.2, 0.25) is 0 Å². The van der Waals surface area contributed by atoms with E-state index in [1.807, 2.05) is 0 Å². The molecule has 0 spiro atoms. The van der Waals surface area contributed by atoms with E-state index in [1.165, 1.54) is 63.7 Å². The molecule has 0 amide bonds. The topological polar surface area (TPSA) is 0 Å². The average molecular weight is 1110 g/mol. The van der Waals surface area contributed by atoms with Crippen LogP contribution in [0.25, 0.3) is 0 Å². The van der Waals surface area contributed by atoms with Gasteiger partial charge in [-0.2, -0.15) is 0 Å². The van der Waals surface area contributed by atoms with Crippen molar-refractivity contribution in [2.75, 3.05) is 0 Å². The van der Waals surface area contributed by atoms with Crippen LogP contribution in [-0.4, -0.2) is 0 Å². The van der Waals surface area contributed by atoms with Gasteiger partial charge in [-0.1, -0.05) is 364 Å². The van der Waals surface area contributed by atoms with Crippen LogP contribution in [-0.2, 0) is 16.5 Å². The van der Waals surface area contributed by atoms with Crippen molar-refractivity contribution < 1.29 is 16.5 Å². The van der Waals surface area contributed by atoms with Crippen LogP contribution in [0.1, 0.15) is 0 Å². The molecule has 0 aliphatic heterocycles. The molecule has 0 N–H and O–H groups in total. The number of rotatable bonds is 12. The van der Waals surface area contributed by atoms with Crippen molar-refractivity contribution in [3.63, 3.8) is 0 Å². The minimum absolute atomic E-state index is 0. The molecule has 0 fully saturated rings. The maximum absolute atomic E-state index is 2.23. The Labute approximate surface area is 472 Å². The maximum Gasteiger partial charge on any atom is 2.00 e. The zero-order chi connectivity index (χ0) is 51.7. The Morgan fingerprint density at radius 1 is 0.104 bits per heavy atom. The minimum atomic E-state index is -0.446. The summed E-state index contributed by atoms with van der Waals surface area (Å²) in [7, 11) is -1.78. The SMILES string of the molecule is [Ni+2].c1ccc(P(c2ccccc2)c2ccccc2)cc1.c1ccc(P(c2ccccc2)c2ccccc2)cc1.c1ccc(P(c2ccccc2)c2ccccc2)cc1.c1ccc(P(c2ccccc2)c2ccccc2)cc1. The van der Waals surface area contributed by atoms with Crippen molar-refractivity contribution in [2.24, 2.45) is 0 Å². The standard InChI is InChI=1S/4C18H15P.Ni/c4*1-4-10-16(11-5-1)19(17-12-6-2-7-13-17)18-14-8-3-9-15-18;/h4*1-15H;/q;;;;+2. The molecule has 0 atom stereocenters. The first-order valence-electron chi connectivity index (χ1n) is 25.6. The first kappa shape index (κ1) is 56.1. The molecule has 0 aromatic heterocycles. The van der Waals surface area contributed by atoms with Crippen molar-refractivity contribution in [3.8, 4) is 0 Å². The Morgan fingerprint density at radius 2 is 0.169 bits per heavy atom. The summed E-state index contributed by atoms with van der Waals surface area (Å²) >= 11 is 0. The Hall–Kier alpha value is -7.15. The Kier molecular flexibility index (Phi) is 22.7. The van der Waals surface area contributed by atoms with Crippen LogP contribution in [0.3, 0.4) is 0 Å². The maximum atomic E-state index is 2.23. The van der Waals surface area contributed by atoms with Crippen LogP contribution in [0.15, 0.2) is 364 Å². The molecule has 12 rings (SSSR count). The molecule has 0 aliphatic carbocycles. The quantitative estimate of drug-likeness (QED) is 0.0845. The molecule has 0 saturated carbocycles. The van der Waals surface area contributed by atoms with Gasteiger partial charge in [0, 0.05) is 0 Å². The van der Waals surface area contributed by atoms with Crippen molar-refractivity contribution in [3.05, 3.63) is 364 Å². The third-order valence-corrected chi connectivity index (χ3v) is 21.9. The Balaban J connectivity index is 0.000000135. The van der Waals surface area contributed by atoms with E-state index < -0.39 is 31.7 Å². The summed E-state index contributed by atoms with van der Waals surface area (Å²) in [4.78, 5) is 0. The molecule has 12 aromatic rings.